The molecule has 0 atom stereocenters. The first kappa shape index (κ1) is 3090. The maximum atomic E-state index is 0. The first-order valence-electron chi connectivity index (χ1n) is 0. The van der Waals surface area contributed by atoms with Gasteiger partial charge in [0.2, 0.25) is 0 Å². The number of hydrogen-bond acceptors (Lipinski definition) is 0. The molecule has 0 radical (unpaired) electrons. The van der Waals surface area contributed by atoms with Crippen molar-refractivity contribution >= 4 is 58.9 Å². The lowest BCUT2D eigenvalue weighted by molar-refractivity contribution is 1.11. The Kier molecular flexibility index (Phi) is 787000. The molecule has 0 aromatic heterocycles. The molecule has 0 N–H and O–H groups in total. The number of halogens is 1. The SMILES string of the molecule is B.B.B.B.B.B.B.F. The number of hydrogen-bond donors (Lipinski definition) is 0. The molecular formula is H22B7F. The van der Waals surface area contributed by atoms with Gasteiger partial charge in [-0.05, 0) is 0 Å². The van der Waals surface area contributed by atoms with Crippen LogP contribution in [0.2, 0.25) is 0 Å². The fraction of sp³-hybridized carbons (Fsp3) is 0. The van der Waals surface area contributed by atoms with Crippen LogP contribution in [0, 0.1) is 0 Å². The number of rotatable bonds is 0. The molecule has 0 heterocycles. The minimum Gasteiger partial charge on any atom is -0.269 e. The topological polar surface area (TPSA) is 0 Å². The summed E-state index contributed by atoms with van der Waals surface area (Å²) in [4.78, 5) is 0. The Bertz CT molecular complexity index is 4.35. The average Bonchev–Trinajstić information content (AvgIpc) is 0. The summed E-state index contributed by atoms with van der Waals surface area (Å²) in [6, 6.07) is 0. The van der Waals surface area contributed by atoms with Crippen molar-refractivity contribution < 1.29 is 4.70 Å². The Morgan fingerprint density at radius 1 is 0.250 bits per heavy atom. The molecule has 0 aromatic rings. The van der Waals surface area contributed by atoms with Gasteiger partial charge in [0, 0.05) is 0 Å². The highest BCUT2D eigenvalue weighted by Gasteiger charge is 0.0874. The van der Waals surface area contributed by atoms with Crippen molar-refractivity contribution in [1.82, 2.24) is 0 Å². The molecule has 0 rings (SSSR count). The Balaban J connectivity index is 0. The van der Waals surface area contributed by atoms with Crippen molar-refractivity contribution in [2.24, 2.45) is 0 Å². The molecule has 0 aliphatic carbocycles. The molecule has 0 unspecified atom stereocenters. The maximum Gasteiger partial charge on any atom is 0.0814 e. The van der Waals surface area contributed by atoms with Crippen molar-refractivity contribution in [3.63, 3.8) is 0 Å². The largest absolute Gasteiger partial charge is 0.269 e. The van der Waals surface area contributed by atoms with Gasteiger partial charge in [-0.15, -0.1) is 0 Å². The van der Waals surface area contributed by atoms with Gasteiger partial charge >= 0.3 is 0 Å². The van der Waals surface area contributed by atoms with Crippen molar-refractivity contribution in [1.29, 1.82) is 0 Å². The molecule has 50 valence electrons. The fourth-order valence-corrected chi connectivity index (χ4v) is 0. The Hall–Kier alpha value is 0.385. The van der Waals surface area contributed by atoms with Crippen LogP contribution < -0.4 is 0 Å². The van der Waals surface area contributed by atoms with Gasteiger partial charge < -0.3 is 0 Å². The van der Waals surface area contributed by atoms with Crippen LogP contribution in [0.3, 0.4) is 0 Å². The van der Waals surface area contributed by atoms with Crippen molar-refractivity contribution in [3.05, 3.63) is 0 Å². The molecule has 0 aliphatic heterocycles. The fourth-order valence-electron chi connectivity index (χ4n) is 0. The van der Waals surface area contributed by atoms with Gasteiger partial charge in [0.1, 0.15) is 0 Å². The first-order valence-corrected chi connectivity index (χ1v) is 0. The minimum atomic E-state index is 0. The zero-order chi connectivity index (χ0) is 0. The molecule has 0 spiro atoms. The summed E-state index contributed by atoms with van der Waals surface area (Å²) in [6.07, 6.45) is 0. The summed E-state index contributed by atoms with van der Waals surface area (Å²) >= 11 is 0. The normalized spacial score (nSPS) is 0. The highest BCUT2D eigenvalue weighted by atomic mass is 19.0. The maximum absolute atomic E-state index is 0. The van der Waals surface area contributed by atoms with E-state index in [0.29, 0.717) is 0 Å². The summed E-state index contributed by atoms with van der Waals surface area (Å²) in [6.45, 7) is 0. The Labute approximate surface area is 64.4 Å². The lowest BCUT2D eigenvalue weighted by Crippen LogP contribution is -0.382. The summed E-state index contributed by atoms with van der Waals surface area (Å²) in [5.74, 6) is 0. The quantitative estimate of drug-likeness (QED) is 0.276. The second-order valence-corrected chi connectivity index (χ2v) is 0. The molecule has 0 saturated heterocycles. The van der Waals surface area contributed by atoms with E-state index in [9.17, 15) is 0 Å². The van der Waals surface area contributed by atoms with E-state index in [1.165, 1.54) is 0 Å². The molecule has 0 bridgehead atoms. The smallest absolute Gasteiger partial charge is 0.0814 e. The summed E-state index contributed by atoms with van der Waals surface area (Å²) in [5.41, 5.74) is 0. The van der Waals surface area contributed by atoms with E-state index in [-0.39, 0.29) is 63.6 Å². The first-order chi connectivity index (χ1) is 0. The molecular weight excluding hydrogens is 94.7 g/mol. The third kappa shape index (κ3) is 1250. The lowest BCUT2D eigenvalue weighted by atomic mass is 10.8. The summed E-state index contributed by atoms with van der Waals surface area (Å²) < 4.78 is 0. The van der Waals surface area contributed by atoms with Crippen LogP contribution >= 0.6 is 0 Å². The molecule has 0 saturated carbocycles. The second-order valence-electron chi connectivity index (χ2n) is 0. The predicted molar refractivity (Wildman–Crippen MR) is 72.1 cm³/mol. The lowest BCUT2D eigenvalue weighted by Gasteiger charge is -0.269. The molecule has 0 aromatic carbocycles. The van der Waals surface area contributed by atoms with E-state index in [4.69, 9.17) is 0 Å². The summed E-state index contributed by atoms with van der Waals surface area (Å²) in [5, 5.41) is 0. The van der Waals surface area contributed by atoms with Crippen LogP contribution in [-0.2, 0) is 0 Å². The highest BCUT2D eigenvalue weighted by molar-refractivity contribution is 5.76. The van der Waals surface area contributed by atoms with Gasteiger partial charge in [-0.1, -0.05) is 0 Å². The van der Waals surface area contributed by atoms with Crippen molar-refractivity contribution in [2.75, 3.05) is 0 Å². The van der Waals surface area contributed by atoms with Crippen LogP contribution in [0.25, 0.3) is 0 Å². The minimum absolute atomic E-state index is 0. The van der Waals surface area contributed by atoms with E-state index in [2.05, 4.69) is 0 Å². The van der Waals surface area contributed by atoms with Crippen LogP contribution in [0.5, 0.6) is 0 Å². The molecule has 0 nitrogen and oxygen atoms in total. The van der Waals surface area contributed by atoms with Crippen LogP contribution in [0.15, 0.2) is 0 Å². The zero-order valence-corrected chi connectivity index (χ0v) is 0.408. The van der Waals surface area contributed by atoms with Gasteiger partial charge in [-0.25, -0.2) is 0 Å². The van der Waals surface area contributed by atoms with Crippen molar-refractivity contribution in [2.45, 2.75) is 0 Å². The Morgan fingerprint density at radius 3 is 0.250 bits per heavy atom. The van der Waals surface area contributed by atoms with Crippen LogP contribution in [0.4, 0.5) is 4.70 Å². The standard InChI is InChI=1S/7BH3.FH/h7*1H3;1H. The van der Waals surface area contributed by atoms with Crippen LogP contribution in [0.1, 0.15) is 0 Å². The molecule has 0 amide bonds. The van der Waals surface area contributed by atoms with E-state index in [1.807, 2.05) is 0 Å². The van der Waals surface area contributed by atoms with Gasteiger partial charge in [-0.3, -0.25) is 4.70 Å². The zero-order valence-electron chi connectivity index (χ0n) is 0.408. The van der Waals surface area contributed by atoms with E-state index in [1.54, 1.807) is 0 Å². The molecule has 0 aliphatic rings. The van der Waals surface area contributed by atoms with Gasteiger partial charge in [0.15, 0.2) is 0 Å². The molecule has 8 heteroatoms. The Morgan fingerprint density at radius 2 is 0.250 bits per heavy atom. The third-order valence-electron chi connectivity index (χ3n) is 0. The molecule has 8 heavy (non-hydrogen) atoms. The van der Waals surface area contributed by atoms with E-state index in [0.717, 1.165) is 0 Å². The van der Waals surface area contributed by atoms with Crippen molar-refractivity contribution in [3.8, 4) is 0 Å². The third-order valence-corrected chi connectivity index (χ3v) is 0. The highest BCUT2D eigenvalue weighted by Crippen LogP contribution is 0.420. The monoisotopic (exact) mass is 118 g/mol. The summed E-state index contributed by atoms with van der Waals surface area (Å²) in [7, 11) is 0. The predicted octanol–water partition coefficient (Wildman–Crippen LogP) is -8.13. The van der Waals surface area contributed by atoms with E-state index >= 15 is 0 Å². The average molecular weight is 117 g/mol. The van der Waals surface area contributed by atoms with Crippen LogP contribution in [-0.4, -0.2) is 58.9 Å². The molecule has 0 fully saturated rings. The van der Waals surface area contributed by atoms with E-state index < -0.39 is 0 Å². The second kappa shape index (κ2) is 2040. The van der Waals surface area contributed by atoms with Gasteiger partial charge in [0.05, 0.1) is 58.9 Å². The van der Waals surface area contributed by atoms with Gasteiger partial charge in [-0.2, -0.15) is 0 Å². The van der Waals surface area contributed by atoms with Gasteiger partial charge in [0.25, 0.3) is 0 Å².